The lowest BCUT2D eigenvalue weighted by Crippen LogP contribution is -2.42. The third-order valence-electron chi connectivity index (χ3n) is 3.47. The fourth-order valence-electron chi connectivity index (χ4n) is 2.04. The summed E-state index contributed by atoms with van der Waals surface area (Å²) in [4.78, 5) is 11.1. The highest BCUT2D eigenvalue weighted by Crippen LogP contribution is 2.20. The quantitative estimate of drug-likeness (QED) is 0.728. The van der Waals surface area contributed by atoms with Gasteiger partial charge in [0.25, 0.3) is 0 Å². The minimum absolute atomic E-state index is 0.167. The van der Waals surface area contributed by atoms with Crippen molar-refractivity contribution in [3.63, 3.8) is 0 Å². The van der Waals surface area contributed by atoms with Crippen LogP contribution in [0.15, 0.2) is 24.3 Å². The lowest BCUT2D eigenvalue weighted by Gasteiger charge is -2.15. The van der Waals surface area contributed by atoms with Gasteiger partial charge in [-0.15, -0.1) is 0 Å². The molecule has 1 fully saturated rings. The molecule has 1 atom stereocenters. The average Bonchev–Trinajstić information content (AvgIpc) is 3.26. The fraction of sp³-hybridized carbons (Fsp3) is 0.562. The van der Waals surface area contributed by atoms with E-state index in [0.717, 1.165) is 25.0 Å². The molecule has 0 bridgehead atoms. The summed E-state index contributed by atoms with van der Waals surface area (Å²) in [5.41, 5.74) is 1.30. The summed E-state index contributed by atoms with van der Waals surface area (Å²) >= 11 is 0. The highest BCUT2D eigenvalue weighted by molar-refractivity contribution is 5.73. The largest absolute Gasteiger partial charge is 0.491 e. The molecule has 0 saturated heterocycles. The number of ether oxygens (including phenoxy) is 1. The third-order valence-corrected chi connectivity index (χ3v) is 3.47. The Morgan fingerprint density at radius 2 is 2.10 bits per heavy atom. The lowest BCUT2D eigenvalue weighted by molar-refractivity contribution is -0.140. The molecule has 4 nitrogen and oxygen atoms in total. The number of hydrogen-bond acceptors (Lipinski definition) is 3. The van der Waals surface area contributed by atoms with Crippen LogP contribution >= 0.6 is 0 Å². The maximum atomic E-state index is 11.1. The van der Waals surface area contributed by atoms with Gasteiger partial charge in [0, 0.05) is 6.04 Å². The zero-order valence-corrected chi connectivity index (χ0v) is 12.0. The highest BCUT2D eigenvalue weighted by Gasteiger charge is 2.28. The second kappa shape index (κ2) is 7.29. The zero-order valence-electron chi connectivity index (χ0n) is 12.0. The summed E-state index contributed by atoms with van der Waals surface area (Å²) in [6.45, 7) is 2.34. The molecule has 0 aromatic heterocycles. The Hall–Kier alpha value is -1.55. The number of hydrogen-bond donors (Lipinski definition) is 2. The van der Waals surface area contributed by atoms with Crippen LogP contribution in [0.25, 0.3) is 0 Å². The van der Waals surface area contributed by atoms with Gasteiger partial charge in [-0.25, -0.2) is 0 Å². The monoisotopic (exact) mass is 277 g/mol. The Morgan fingerprint density at radius 1 is 1.40 bits per heavy atom. The van der Waals surface area contributed by atoms with Crippen LogP contribution in [0.4, 0.5) is 0 Å². The number of aliphatic carboxylic acids is 1. The van der Waals surface area contributed by atoms with Crippen molar-refractivity contribution in [2.24, 2.45) is 0 Å². The standard InChI is InChI=1S/C16H23NO3/c1-2-3-4-12-5-9-14(10-6-12)20-11-15(16(18)19)17-13-7-8-13/h5-6,9-10,13,15,17H,2-4,7-8,11H2,1H3,(H,18,19). The van der Waals surface area contributed by atoms with Crippen molar-refractivity contribution < 1.29 is 14.6 Å². The lowest BCUT2D eigenvalue weighted by atomic mass is 10.1. The average molecular weight is 277 g/mol. The van der Waals surface area contributed by atoms with Gasteiger partial charge in [0.15, 0.2) is 0 Å². The van der Waals surface area contributed by atoms with E-state index in [0.29, 0.717) is 6.04 Å². The SMILES string of the molecule is CCCCc1ccc(OCC(NC2CC2)C(=O)O)cc1. The molecule has 0 spiro atoms. The maximum Gasteiger partial charge on any atom is 0.324 e. The number of aryl methyl sites for hydroxylation is 1. The van der Waals surface area contributed by atoms with Crippen LogP contribution in [0, 0.1) is 0 Å². The maximum absolute atomic E-state index is 11.1. The predicted octanol–water partition coefficient (Wildman–Crippen LogP) is 2.61. The van der Waals surface area contributed by atoms with E-state index in [1.165, 1.54) is 18.4 Å². The number of carboxylic acids is 1. The van der Waals surface area contributed by atoms with Crippen molar-refractivity contribution in [1.82, 2.24) is 5.32 Å². The fourth-order valence-corrected chi connectivity index (χ4v) is 2.04. The van der Waals surface area contributed by atoms with Crippen molar-refractivity contribution in [3.05, 3.63) is 29.8 Å². The summed E-state index contributed by atoms with van der Waals surface area (Å²) in [6, 6.07) is 7.67. The zero-order chi connectivity index (χ0) is 14.4. The van der Waals surface area contributed by atoms with Gasteiger partial charge in [-0.3, -0.25) is 10.1 Å². The van der Waals surface area contributed by atoms with Crippen LogP contribution in [-0.2, 0) is 11.2 Å². The molecular weight excluding hydrogens is 254 g/mol. The van der Waals surface area contributed by atoms with Crippen molar-refractivity contribution in [2.45, 2.75) is 51.1 Å². The number of nitrogens with one attached hydrogen (secondary N) is 1. The summed E-state index contributed by atoms with van der Waals surface area (Å²) in [6.07, 6.45) is 5.58. The van der Waals surface area contributed by atoms with E-state index >= 15 is 0 Å². The van der Waals surface area contributed by atoms with E-state index in [1.54, 1.807) is 0 Å². The first-order valence-corrected chi connectivity index (χ1v) is 7.39. The molecule has 0 amide bonds. The number of unbranched alkanes of at least 4 members (excludes halogenated alkanes) is 1. The molecule has 0 radical (unpaired) electrons. The molecular formula is C16H23NO3. The Labute approximate surface area is 120 Å². The van der Waals surface area contributed by atoms with Crippen LogP contribution < -0.4 is 10.1 Å². The molecule has 1 saturated carbocycles. The van der Waals surface area contributed by atoms with Gasteiger partial charge in [-0.1, -0.05) is 25.5 Å². The Bertz CT molecular complexity index is 426. The Balaban J connectivity index is 1.80. The van der Waals surface area contributed by atoms with Crippen LogP contribution in [0.2, 0.25) is 0 Å². The molecule has 110 valence electrons. The molecule has 1 aliphatic carbocycles. The van der Waals surface area contributed by atoms with Crippen molar-refractivity contribution >= 4 is 5.97 Å². The van der Waals surface area contributed by atoms with Gasteiger partial charge in [-0.2, -0.15) is 0 Å². The Kier molecular flexibility index (Phi) is 5.41. The van der Waals surface area contributed by atoms with E-state index in [1.807, 2.05) is 12.1 Å². The second-order valence-corrected chi connectivity index (χ2v) is 5.39. The van der Waals surface area contributed by atoms with E-state index in [9.17, 15) is 4.79 Å². The summed E-state index contributed by atoms with van der Waals surface area (Å²) in [5.74, 6) is -0.120. The molecule has 1 aromatic carbocycles. The summed E-state index contributed by atoms with van der Waals surface area (Å²) < 4.78 is 5.57. The first-order valence-electron chi connectivity index (χ1n) is 7.39. The molecule has 4 heteroatoms. The molecule has 0 aliphatic heterocycles. The number of carbonyl (C=O) groups is 1. The van der Waals surface area contributed by atoms with Gasteiger partial charge in [0.2, 0.25) is 0 Å². The number of carboxylic acid groups (broad SMARTS) is 1. The van der Waals surface area contributed by atoms with Gasteiger partial charge in [0.1, 0.15) is 18.4 Å². The van der Waals surface area contributed by atoms with Gasteiger partial charge < -0.3 is 9.84 Å². The van der Waals surface area contributed by atoms with E-state index in [2.05, 4.69) is 24.4 Å². The van der Waals surface area contributed by atoms with E-state index in [4.69, 9.17) is 9.84 Å². The van der Waals surface area contributed by atoms with E-state index in [-0.39, 0.29) is 6.61 Å². The molecule has 1 aromatic rings. The molecule has 0 heterocycles. The summed E-state index contributed by atoms with van der Waals surface area (Å²) in [7, 11) is 0. The number of benzene rings is 1. The molecule has 1 unspecified atom stereocenters. The third kappa shape index (κ3) is 4.85. The molecule has 1 aliphatic rings. The van der Waals surface area contributed by atoms with Crippen LogP contribution in [0.3, 0.4) is 0 Å². The highest BCUT2D eigenvalue weighted by atomic mass is 16.5. The summed E-state index contributed by atoms with van der Waals surface area (Å²) in [5, 5.41) is 12.2. The second-order valence-electron chi connectivity index (χ2n) is 5.39. The minimum Gasteiger partial charge on any atom is -0.491 e. The smallest absolute Gasteiger partial charge is 0.324 e. The van der Waals surface area contributed by atoms with Crippen LogP contribution in [-0.4, -0.2) is 29.8 Å². The first-order chi connectivity index (χ1) is 9.69. The van der Waals surface area contributed by atoms with Crippen molar-refractivity contribution in [1.29, 1.82) is 0 Å². The van der Waals surface area contributed by atoms with Crippen LogP contribution in [0.1, 0.15) is 38.2 Å². The van der Waals surface area contributed by atoms with Gasteiger partial charge in [0.05, 0.1) is 0 Å². The number of rotatable bonds is 9. The minimum atomic E-state index is -0.850. The predicted molar refractivity (Wildman–Crippen MR) is 78.1 cm³/mol. The van der Waals surface area contributed by atoms with Crippen molar-refractivity contribution in [2.75, 3.05) is 6.61 Å². The van der Waals surface area contributed by atoms with E-state index < -0.39 is 12.0 Å². The normalized spacial score (nSPS) is 15.8. The van der Waals surface area contributed by atoms with Crippen LogP contribution in [0.5, 0.6) is 5.75 Å². The molecule has 2 N–H and O–H groups in total. The topological polar surface area (TPSA) is 58.6 Å². The molecule has 20 heavy (non-hydrogen) atoms. The van der Waals surface area contributed by atoms with Crippen molar-refractivity contribution in [3.8, 4) is 5.75 Å². The first kappa shape index (κ1) is 14.9. The van der Waals surface area contributed by atoms with Gasteiger partial charge in [-0.05, 0) is 43.4 Å². The molecule has 2 rings (SSSR count). The Morgan fingerprint density at radius 3 is 2.65 bits per heavy atom. The van der Waals surface area contributed by atoms with Gasteiger partial charge >= 0.3 is 5.97 Å².